The van der Waals surface area contributed by atoms with Gasteiger partial charge >= 0.3 is 0 Å². The van der Waals surface area contributed by atoms with Gasteiger partial charge in [0.1, 0.15) is 0 Å². The second-order valence-corrected chi connectivity index (χ2v) is 5.73. The van der Waals surface area contributed by atoms with E-state index in [2.05, 4.69) is 63.9 Å². The highest BCUT2D eigenvalue weighted by Crippen LogP contribution is 2.41. The zero-order valence-corrected chi connectivity index (χ0v) is 13.2. The average Bonchev–Trinajstić information content (AvgIpc) is 2.63. The third-order valence-electron chi connectivity index (χ3n) is 4.50. The van der Waals surface area contributed by atoms with E-state index in [4.69, 9.17) is 0 Å². The summed E-state index contributed by atoms with van der Waals surface area (Å²) in [6.45, 7) is 16.5. The molecule has 0 fully saturated rings. The molecule has 0 aromatic heterocycles. The highest BCUT2D eigenvalue weighted by molar-refractivity contribution is 6.08. The Balaban J connectivity index is 2.57. The van der Waals surface area contributed by atoms with Crippen LogP contribution in [0.5, 0.6) is 0 Å². The molecule has 0 bridgehead atoms. The molecule has 0 spiro atoms. The Bertz CT molecular complexity index is 886. The zero-order chi connectivity index (χ0) is 15.9. The van der Waals surface area contributed by atoms with Crippen molar-refractivity contribution in [1.82, 2.24) is 0 Å². The molecule has 3 rings (SSSR count). The molecule has 0 heterocycles. The largest absolute Gasteiger partial charge is 0.0990 e. The fourth-order valence-electron chi connectivity index (χ4n) is 3.19. The van der Waals surface area contributed by atoms with Crippen molar-refractivity contribution in [2.45, 2.75) is 13.8 Å². The van der Waals surface area contributed by atoms with Crippen molar-refractivity contribution in [2.24, 2.45) is 0 Å². The van der Waals surface area contributed by atoms with Gasteiger partial charge < -0.3 is 0 Å². The summed E-state index contributed by atoms with van der Waals surface area (Å²) in [5.41, 5.74) is 8.26. The van der Waals surface area contributed by atoms with Gasteiger partial charge in [-0.15, -0.1) is 0 Å². The molecule has 2 aromatic rings. The zero-order valence-electron chi connectivity index (χ0n) is 13.2. The average molecular weight is 284 g/mol. The van der Waals surface area contributed by atoms with Gasteiger partial charge in [0.05, 0.1) is 0 Å². The van der Waals surface area contributed by atoms with Gasteiger partial charge in [0.2, 0.25) is 0 Å². The van der Waals surface area contributed by atoms with Gasteiger partial charge in [0, 0.05) is 0 Å². The summed E-state index contributed by atoms with van der Waals surface area (Å²) >= 11 is 0. The van der Waals surface area contributed by atoms with Crippen molar-refractivity contribution in [2.75, 3.05) is 0 Å². The fraction of sp³-hybridized carbons (Fsp3) is 0.0909. The summed E-state index contributed by atoms with van der Waals surface area (Å²) in [5, 5.41) is 2.59. The van der Waals surface area contributed by atoms with Crippen LogP contribution in [0.1, 0.15) is 22.3 Å². The van der Waals surface area contributed by atoms with Crippen LogP contribution in [-0.2, 0) is 0 Å². The van der Waals surface area contributed by atoms with Crippen LogP contribution in [0.4, 0.5) is 0 Å². The summed E-state index contributed by atoms with van der Waals surface area (Å²) in [7, 11) is 0. The minimum atomic E-state index is 0.996. The smallest absolute Gasteiger partial charge is 0.00295 e. The number of benzene rings is 2. The normalized spacial score (nSPS) is 15.6. The van der Waals surface area contributed by atoms with Crippen molar-refractivity contribution in [3.63, 3.8) is 0 Å². The Morgan fingerprint density at radius 3 is 2.55 bits per heavy atom. The fourth-order valence-corrected chi connectivity index (χ4v) is 3.19. The minimum absolute atomic E-state index is 0.996. The first-order chi connectivity index (χ1) is 10.6. The van der Waals surface area contributed by atoms with E-state index < -0.39 is 0 Å². The maximum atomic E-state index is 4.29. The third-order valence-corrected chi connectivity index (χ3v) is 4.50. The lowest BCUT2D eigenvalue weighted by atomic mass is 9.88. The lowest BCUT2D eigenvalue weighted by Gasteiger charge is -2.15. The predicted molar refractivity (Wildman–Crippen MR) is 98.9 cm³/mol. The van der Waals surface area contributed by atoms with Gasteiger partial charge in [0.15, 0.2) is 0 Å². The first-order valence-corrected chi connectivity index (χ1v) is 7.48. The second kappa shape index (κ2) is 5.31. The van der Waals surface area contributed by atoms with E-state index in [9.17, 15) is 0 Å². The topological polar surface area (TPSA) is 0 Å². The van der Waals surface area contributed by atoms with Gasteiger partial charge in [0.25, 0.3) is 0 Å². The van der Waals surface area contributed by atoms with Gasteiger partial charge in [-0.2, -0.15) is 0 Å². The number of aryl methyl sites for hydroxylation is 2. The highest BCUT2D eigenvalue weighted by Gasteiger charge is 2.19. The Morgan fingerprint density at radius 1 is 1.09 bits per heavy atom. The van der Waals surface area contributed by atoms with Gasteiger partial charge in [-0.25, -0.2) is 0 Å². The van der Waals surface area contributed by atoms with Gasteiger partial charge in [-0.3, -0.25) is 0 Å². The standard InChI is InChI=1S/C22H20/c1-6-9-19-16(5)17(7-2)13-18-10-8-11-20-15(4)14(3)12-21(19)22(18)20/h6-13H,1-2,5H2,3-4H3/b19-9+. The van der Waals surface area contributed by atoms with Crippen LogP contribution in [0.2, 0.25) is 0 Å². The Labute approximate surface area is 132 Å². The molecule has 0 saturated carbocycles. The van der Waals surface area contributed by atoms with Gasteiger partial charge in [-0.05, 0) is 69.7 Å². The lowest BCUT2D eigenvalue weighted by molar-refractivity contribution is 1.37. The molecule has 0 heteroatoms. The van der Waals surface area contributed by atoms with Crippen molar-refractivity contribution in [3.8, 4) is 0 Å². The van der Waals surface area contributed by atoms with E-state index in [1.54, 1.807) is 0 Å². The molecule has 0 atom stereocenters. The summed E-state index contributed by atoms with van der Waals surface area (Å²) in [6, 6.07) is 8.75. The molecule has 22 heavy (non-hydrogen) atoms. The maximum absolute atomic E-state index is 4.29. The summed E-state index contributed by atoms with van der Waals surface area (Å²) in [4.78, 5) is 0. The van der Waals surface area contributed by atoms with Crippen LogP contribution in [-0.4, -0.2) is 0 Å². The lowest BCUT2D eigenvalue weighted by Crippen LogP contribution is -1.94. The molecule has 0 amide bonds. The quantitative estimate of drug-likeness (QED) is 0.619. The van der Waals surface area contributed by atoms with Crippen LogP contribution in [0.3, 0.4) is 0 Å². The van der Waals surface area contributed by atoms with E-state index in [-0.39, 0.29) is 0 Å². The number of hydrogen-bond donors (Lipinski definition) is 0. The van der Waals surface area contributed by atoms with E-state index in [0.717, 1.165) is 16.7 Å². The third kappa shape index (κ3) is 2.00. The van der Waals surface area contributed by atoms with Crippen LogP contribution in [0, 0.1) is 13.8 Å². The molecule has 0 saturated heterocycles. The van der Waals surface area contributed by atoms with Crippen molar-refractivity contribution < 1.29 is 0 Å². The number of rotatable bonds is 2. The highest BCUT2D eigenvalue weighted by atomic mass is 14.2. The molecule has 0 nitrogen and oxygen atoms in total. The molecular formula is C22H20. The molecule has 0 radical (unpaired) electrons. The van der Waals surface area contributed by atoms with Crippen molar-refractivity contribution in [1.29, 1.82) is 0 Å². The molecule has 1 aliphatic carbocycles. The van der Waals surface area contributed by atoms with Crippen LogP contribution in [0.15, 0.2) is 73.4 Å². The number of allylic oxidation sites excluding steroid dienone is 6. The molecule has 0 N–H and O–H groups in total. The van der Waals surface area contributed by atoms with Gasteiger partial charge in [-0.1, -0.05) is 62.2 Å². The van der Waals surface area contributed by atoms with E-state index in [0.29, 0.717) is 0 Å². The van der Waals surface area contributed by atoms with E-state index in [1.807, 2.05) is 18.2 Å². The maximum Gasteiger partial charge on any atom is -0.00295 e. The monoisotopic (exact) mass is 284 g/mol. The molecular weight excluding hydrogens is 264 g/mol. The first-order valence-electron chi connectivity index (χ1n) is 7.48. The molecule has 108 valence electrons. The first kappa shape index (κ1) is 14.3. The summed E-state index contributed by atoms with van der Waals surface area (Å²) in [6.07, 6.45) is 7.94. The summed E-state index contributed by atoms with van der Waals surface area (Å²) < 4.78 is 0. The summed E-state index contributed by atoms with van der Waals surface area (Å²) in [5.74, 6) is 0. The van der Waals surface area contributed by atoms with Crippen molar-refractivity contribution in [3.05, 3.63) is 95.6 Å². The Morgan fingerprint density at radius 2 is 1.86 bits per heavy atom. The van der Waals surface area contributed by atoms with Crippen molar-refractivity contribution >= 4 is 22.4 Å². The molecule has 0 unspecified atom stereocenters. The van der Waals surface area contributed by atoms with Crippen LogP contribution in [0.25, 0.3) is 22.4 Å². The SMILES string of the molecule is C=C/C=C1\C(=C)C(C=C)=Cc2cccc3c(C)c(C)cc1c23. The Hall–Kier alpha value is -2.60. The molecule has 0 aliphatic heterocycles. The minimum Gasteiger partial charge on any atom is -0.0990 e. The second-order valence-electron chi connectivity index (χ2n) is 5.73. The molecule has 1 aliphatic rings. The molecule has 2 aromatic carbocycles. The van der Waals surface area contributed by atoms with E-state index in [1.165, 1.54) is 33.0 Å². The van der Waals surface area contributed by atoms with E-state index >= 15 is 0 Å². The predicted octanol–water partition coefficient (Wildman–Crippen LogP) is 6.17. The van der Waals surface area contributed by atoms with Crippen LogP contribution < -0.4 is 0 Å². The number of hydrogen-bond acceptors (Lipinski definition) is 0. The Kier molecular flexibility index (Phi) is 3.46. The van der Waals surface area contributed by atoms with Crippen LogP contribution >= 0.6 is 0 Å².